The minimum atomic E-state index is -0.262. The highest BCUT2D eigenvalue weighted by Gasteiger charge is 2.21. The van der Waals surface area contributed by atoms with E-state index in [1.807, 2.05) is 39.0 Å². The number of rotatable bonds is 7. The summed E-state index contributed by atoms with van der Waals surface area (Å²) in [6.07, 6.45) is 1.95. The first-order chi connectivity index (χ1) is 13.4. The van der Waals surface area contributed by atoms with Crippen LogP contribution in [0.4, 0.5) is 5.69 Å². The van der Waals surface area contributed by atoms with Crippen molar-refractivity contribution < 1.29 is 14.3 Å². The van der Waals surface area contributed by atoms with E-state index in [2.05, 4.69) is 20.1 Å². The Hall–Kier alpha value is -2.22. The van der Waals surface area contributed by atoms with Gasteiger partial charge in [0.15, 0.2) is 5.69 Å². The summed E-state index contributed by atoms with van der Waals surface area (Å²) < 4.78 is 5.52. The molecule has 1 fully saturated rings. The van der Waals surface area contributed by atoms with Crippen LogP contribution in [0.15, 0.2) is 28.9 Å². The molecule has 0 aliphatic carbocycles. The summed E-state index contributed by atoms with van der Waals surface area (Å²) in [7, 11) is 0. The maximum Gasteiger partial charge on any atom is 0.277 e. The first-order valence-electron chi connectivity index (χ1n) is 9.90. The van der Waals surface area contributed by atoms with E-state index >= 15 is 0 Å². The van der Waals surface area contributed by atoms with E-state index in [1.165, 1.54) is 6.26 Å². The van der Waals surface area contributed by atoms with Gasteiger partial charge in [0.05, 0.1) is 12.6 Å². The number of nitrogens with zero attached hydrogens (tertiary/aromatic N) is 3. The van der Waals surface area contributed by atoms with Crippen LogP contribution >= 0.6 is 0 Å². The number of nitrogens with one attached hydrogen (secondary N) is 1. The van der Waals surface area contributed by atoms with Gasteiger partial charge in [-0.25, -0.2) is 4.98 Å². The summed E-state index contributed by atoms with van der Waals surface area (Å²) in [5.74, 6) is 0.287. The average Bonchev–Trinajstić information content (AvgIpc) is 3.15. The van der Waals surface area contributed by atoms with Gasteiger partial charge in [0.2, 0.25) is 5.89 Å². The number of aromatic nitrogens is 1. The van der Waals surface area contributed by atoms with E-state index in [1.54, 1.807) is 0 Å². The van der Waals surface area contributed by atoms with Gasteiger partial charge < -0.3 is 14.8 Å². The molecular formula is C21H30N4O3. The number of hydrogen-bond donors (Lipinski definition) is 2. The lowest BCUT2D eigenvalue weighted by atomic mass is 10.1. The Morgan fingerprint density at radius 1 is 1.25 bits per heavy atom. The molecule has 2 aromatic rings. The Kier molecular flexibility index (Phi) is 6.83. The predicted molar refractivity (Wildman–Crippen MR) is 108 cm³/mol. The second kappa shape index (κ2) is 9.32. The molecular weight excluding hydrogens is 356 g/mol. The molecule has 1 saturated heterocycles. The highest BCUT2D eigenvalue weighted by Crippen LogP contribution is 2.18. The maximum atomic E-state index is 12.5. The number of carbonyl (C=O) groups excluding carboxylic acids is 1. The summed E-state index contributed by atoms with van der Waals surface area (Å²) in [6.45, 7) is 10.9. The van der Waals surface area contributed by atoms with Gasteiger partial charge in [-0.15, -0.1) is 0 Å². The zero-order valence-corrected chi connectivity index (χ0v) is 16.9. The second-order valence-electron chi connectivity index (χ2n) is 7.54. The lowest BCUT2D eigenvalue weighted by molar-refractivity contribution is 0.0658. The van der Waals surface area contributed by atoms with Gasteiger partial charge in [0.25, 0.3) is 5.91 Å². The first-order valence-corrected chi connectivity index (χ1v) is 9.90. The van der Waals surface area contributed by atoms with E-state index < -0.39 is 0 Å². The number of carbonyl (C=O) groups is 1. The molecule has 1 aliphatic heterocycles. The number of amides is 1. The molecule has 1 aromatic heterocycles. The molecule has 7 heteroatoms. The van der Waals surface area contributed by atoms with Gasteiger partial charge in [0, 0.05) is 38.4 Å². The number of aliphatic hydroxyl groups is 1. The average molecular weight is 386 g/mol. The summed E-state index contributed by atoms with van der Waals surface area (Å²) in [4.78, 5) is 21.4. The molecule has 0 spiro atoms. The van der Waals surface area contributed by atoms with Crippen LogP contribution < -0.4 is 5.32 Å². The summed E-state index contributed by atoms with van der Waals surface area (Å²) in [6, 6.07) is 5.95. The van der Waals surface area contributed by atoms with Crippen molar-refractivity contribution in [1.82, 2.24) is 14.8 Å². The number of anilines is 1. The van der Waals surface area contributed by atoms with Crippen LogP contribution in [0, 0.1) is 13.8 Å². The largest absolute Gasteiger partial charge is 0.447 e. The minimum absolute atomic E-state index is 0.253. The topological polar surface area (TPSA) is 81.8 Å². The van der Waals surface area contributed by atoms with E-state index in [4.69, 9.17) is 4.42 Å². The third-order valence-electron chi connectivity index (χ3n) is 5.19. The van der Waals surface area contributed by atoms with Crippen LogP contribution in [0.1, 0.15) is 40.9 Å². The number of hydrogen-bond acceptors (Lipinski definition) is 6. The lowest BCUT2D eigenvalue weighted by Gasteiger charge is -2.34. The summed E-state index contributed by atoms with van der Waals surface area (Å²) in [5, 5.41) is 12.7. The zero-order chi connectivity index (χ0) is 20.1. The molecule has 1 aromatic carbocycles. The molecule has 1 atom stereocenters. The minimum Gasteiger partial charge on any atom is -0.447 e. The highest BCUT2D eigenvalue weighted by atomic mass is 16.3. The molecule has 7 nitrogen and oxygen atoms in total. The van der Waals surface area contributed by atoms with Crippen LogP contribution in [0.3, 0.4) is 0 Å². The van der Waals surface area contributed by atoms with Crippen LogP contribution in [-0.2, 0) is 6.54 Å². The van der Waals surface area contributed by atoms with Gasteiger partial charge in [-0.05, 0) is 37.5 Å². The summed E-state index contributed by atoms with van der Waals surface area (Å²) >= 11 is 0. The van der Waals surface area contributed by atoms with Gasteiger partial charge >= 0.3 is 0 Å². The number of aliphatic hydroxyl groups excluding tert-OH is 1. The number of benzene rings is 1. The molecule has 0 bridgehead atoms. The van der Waals surface area contributed by atoms with E-state index in [0.29, 0.717) is 18.1 Å². The van der Waals surface area contributed by atoms with Crippen LogP contribution in [-0.4, -0.2) is 64.6 Å². The Morgan fingerprint density at radius 3 is 2.68 bits per heavy atom. The number of β-amino-alcohol motifs (C(OH)–C–C–N with tert-alkyl or cyclic N) is 1. The normalized spacial score (nSPS) is 16.9. The number of oxazole rings is 1. The predicted octanol–water partition coefficient (Wildman–Crippen LogP) is 2.43. The van der Waals surface area contributed by atoms with E-state index in [0.717, 1.165) is 56.0 Å². The first kappa shape index (κ1) is 20.5. The van der Waals surface area contributed by atoms with Crippen LogP contribution in [0.5, 0.6) is 0 Å². The van der Waals surface area contributed by atoms with Crippen molar-refractivity contribution in [3.8, 4) is 0 Å². The lowest BCUT2D eigenvalue weighted by Crippen LogP contribution is -2.48. The number of piperazine rings is 1. The fourth-order valence-corrected chi connectivity index (χ4v) is 3.29. The van der Waals surface area contributed by atoms with Crippen molar-refractivity contribution in [3.63, 3.8) is 0 Å². The van der Waals surface area contributed by atoms with Crippen molar-refractivity contribution in [2.24, 2.45) is 0 Å². The fourth-order valence-electron chi connectivity index (χ4n) is 3.29. The van der Waals surface area contributed by atoms with E-state index in [-0.39, 0.29) is 12.0 Å². The molecule has 3 rings (SSSR count). The Bertz CT molecular complexity index is 797. The molecule has 1 unspecified atom stereocenters. The van der Waals surface area contributed by atoms with Crippen molar-refractivity contribution in [2.45, 2.75) is 39.8 Å². The molecule has 0 saturated carbocycles. The summed E-state index contributed by atoms with van der Waals surface area (Å²) in [5.41, 5.74) is 3.18. The molecule has 0 radical (unpaired) electrons. The van der Waals surface area contributed by atoms with Gasteiger partial charge in [-0.2, -0.15) is 0 Å². The molecule has 28 heavy (non-hydrogen) atoms. The van der Waals surface area contributed by atoms with Crippen molar-refractivity contribution in [1.29, 1.82) is 0 Å². The maximum absolute atomic E-state index is 12.5. The smallest absolute Gasteiger partial charge is 0.277 e. The van der Waals surface area contributed by atoms with Crippen LogP contribution in [0.25, 0.3) is 0 Å². The SMILES string of the molecule is CCC(O)CN1CCN(Cc2nc(C(=O)Nc3cc(C)ccc3C)co2)CC1. The molecule has 2 N–H and O–H groups in total. The quantitative estimate of drug-likeness (QED) is 0.761. The fraction of sp³-hybridized carbons (Fsp3) is 0.524. The monoisotopic (exact) mass is 386 g/mol. The molecule has 152 valence electrons. The molecule has 2 heterocycles. The standard InChI is InChI=1S/C21H30N4O3/c1-4-17(26)12-24-7-9-25(10-8-24)13-20-22-19(14-28-20)21(27)23-18-11-15(2)5-6-16(18)3/h5-6,11,14,17,26H,4,7-10,12-13H2,1-3H3,(H,23,27). The van der Waals surface area contributed by atoms with E-state index in [9.17, 15) is 9.90 Å². The molecule has 1 amide bonds. The molecule has 1 aliphatic rings. The zero-order valence-electron chi connectivity index (χ0n) is 16.9. The van der Waals surface area contributed by atoms with Crippen molar-refractivity contribution in [3.05, 3.63) is 47.2 Å². The van der Waals surface area contributed by atoms with Gasteiger partial charge in [-0.1, -0.05) is 19.1 Å². The van der Waals surface area contributed by atoms with Crippen molar-refractivity contribution in [2.75, 3.05) is 38.0 Å². The third kappa shape index (κ3) is 5.41. The Morgan fingerprint density at radius 2 is 1.96 bits per heavy atom. The van der Waals surface area contributed by atoms with Gasteiger partial charge in [0.1, 0.15) is 6.26 Å². The highest BCUT2D eigenvalue weighted by molar-refractivity contribution is 6.03. The Balaban J connectivity index is 1.52. The van der Waals surface area contributed by atoms with Gasteiger partial charge in [-0.3, -0.25) is 14.6 Å². The third-order valence-corrected chi connectivity index (χ3v) is 5.19. The van der Waals surface area contributed by atoms with Crippen molar-refractivity contribution >= 4 is 11.6 Å². The Labute approximate surface area is 166 Å². The number of aryl methyl sites for hydroxylation is 2. The van der Waals surface area contributed by atoms with Crippen LogP contribution in [0.2, 0.25) is 0 Å². The second-order valence-corrected chi connectivity index (χ2v) is 7.54.